The Morgan fingerprint density at radius 1 is 1.25 bits per heavy atom. The largest absolute Gasteiger partial charge is 0.462 e. The zero-order chi connectivity index (χ0) is 26.5. The summed E-state index contributed by atoms with van der Waals surface area (Å²) in [5.41, 5.74) is -1.51. The number of nitrogens with zero attached hydrogens (tertiary/aromatic N) is 1. The van der Waals surface area contributed by atoms with Gasteiger partial charge in [-0.15, -0.1) is 0 Å². The van der Waals surface area contributed by atoms with Crippen molar-refractivity contribution in [2.24, 2.45) is 5.92 Å². The molecule has 1 saturated heterocycles. The zero-order valence-corrected chi connectivity index (χ0v) is 20.8. The van der Waals surface area contributed by atoms with Crippen molar-refractivity contribution in [3.63, 3.8) is 0 Å². The molecule has 1 aromatic heterocycles. The summed E-state index contributed by atoms with van der Waals surface area (Å²) >= 11 is 0. The summed E-state index contributed by atoms with van der Waals surface area (Å²) in [6.45, 7) is 3.16. The average Bonchev–Trinajstić information content (AvgIpc) is 3.13. The third kappa shape index (κ3) is 6.89. The van der Waals surface area contributed by atoms with Crippen LogP contribution in [0.5, 0.6) is 5.75 Å². The summed E-state index contributed by atoms with van der Waals surface area (Å²) in [5.74, 6) is -1.68. The molecule has 1 aliphatic rings. The highest BCUT2D eigenvalue weighted by molar-refractivity contribution is 7.52. The van der Waals surface area contributed by atoms with E-state index < -0.39 is 74.7 Å². The molecule has 12 nitrogen and oxygen atoms in total. The van der Waals surface area contributed by atoms with Crippen molar-refractivity contribution in [2.75, 3.05) is 13.3 Å². The van der Waals surface area contributed by atoms with E-state index in [1.54, 1.807) is 32.0 Å². The Labute approximate surface area is 205 Å². The Balaban J connectivity index is 1.79. The van der Waals surface area contributed by atoms with Gasteiger partial charge in [-0.3, -0.25) is 28.1 Å². The van der Waals surface area contributed by atoms with E-state index in [-0.39, 0.29) is 5.75 Å². The van der Waals surface area contributed by atoms with Crippen LogP contribution in [0.4, 0.5) is 4.39 Å². The molecule has 3 rings (SSSR count). The average molecular weight is 529 g/mol. The highest BCUT2D eigenvalue weighted by Gasteiger charge is 2.46. The van der Waals surface area contributed by atoms with Gasteiger partial charge in [0.05, 0.1) is 25.5 Å². The number of ether oxygens (including phenoxy) is 2. The molecule has 0 saturated carbocycles. The normalized spacial score (nSPS) is 24.3. The van der Waals surface area contributed by atoms with Crippen molar-refractivity contribution >= 4 is 13.7 Å². The highest BCUT2D eigenvalue weighted by Crippen LogP contribution is 2.46. The monoisotopic (exact) mass is 529 g/mol. The van der Waals surface area contributed by atoms with Gasteiger partial charge in [0.2, 0.25) is 0 Å². The molecule has 1 unspecified atom stereocenters. The maximum atomic E-state index is 13.8. The summed E-state index contributed by atoms with van der Waals surface area (Å²) in [6.07, 6.45) is -3.26. The van der Waals surface area contributed by atoms with Crippen LogP contribution in [0.1, 0.15) is 27.0 Å². The van der Waals surface area contributed by atoms with Crippen LogP contribution in [0.2, 0.25) is 0 Å². The first-order valence-corrected chi connectivity index (χ1v) is 12.8. The number of nitrogens with one attached hydrogen (secondary N) is 2. The van der Waals surface area contributed by atoms with Crippen molar-refractivity contribution in [3.8, 4) is 5.75 Å². The Morgan fingerprint density at radius 3 is 2.56 bits per heavy atom. The fraction of sp³-hybridized carbons (Fsp3) is 0.500. The fourth-order valence-corrected chi connectivity index (χ4v) is 5.01. The fourth-order valence-electron chi connectivity index (χ4n) is 3.51. The molecule has 198 valence electrons. The third-order valence-corrected chi connectivity index (χ3v) is 6.90. The second-order valence-corrected chi connectivity index (χ2v) is 10.1. The molecule has 14 heteroatoms. The van der Waals surface area contributed by atoms with E-state index in [1.807, 2.05) is 4.98 Å². The number of halogens is 1. The van der Waals surface area contributed by atoms with E-state index in [1.165, 1.54) is 19.1 Å². The summed E-state index contributed by atoms with van der Waals surface area (Å²) < 4.78 is 50.2. The number of esters is 1. The number of alkyl halides is 1. The number of hydrogen-bond acceptors (Lipinski definition) is 9. The number of rotatable bonds is 11. The lowest BCUT2D eigenvalue weighted by Gasteiger charge is -2.25. The van der Waals surface area contributed by atoms with Crippen LogP contribution in [-0.4, -0.2) is 58.3 Å². The predicted molar refractivity (Wildman–Crippen MR) is 125 cm³/mol. The molecule has 36 heavy (non-hydrogen) atoms. The maximum absolute atomic E-state index is 13.8. The summed E-state index contributed by atoms with van der Waals surface area (Å²) in [6, 6.07) is 7.99. The number of carbonyl (C=O) groups is 1. The van der Waals surface area contributed by atoms with Gasteiger partial charge in [0, 0.05) is 18.2 Å². The number of para-hydroxylation sites is 1. The molecule has 0 radical (unpaired) electrons. The van der Waals surface area contributed by atoms with Gasteiger partial charge in [0.15, 0.2) is 6.23 Å². The predicted octanol–water partition coefficient (Wildman–Crippen LogP) is 1.51. The van der Waals surface area contributed by atoms with Gasteiger partial charge >= 0.3 is 19.4 Å². The molecular formula is C22H29FN3O9P. The van der Waals surface area contributed by atoms with Crippen LogP contribution in [0.3, 0.4) is 0 Å². The molecule has 0 aliphatic carbocycles. The van der Waals surface area contributed by atoms with E-state index in [9.17, 15) is 28.4 Å². The Hall–Kier alpha value is -2.83. The van der Waals surface area contributed by atoms with Crippen molar-refractivity contribution in [1.29, 1.82) is 0 Å². The zero-order valence-electron chi connectivity index (χ0n) is 19.9. The van der Waals surface area contributed by atoms with E-state index in [2.05, 4.69) is 5.09 Å². The lowest BCUT2D eigenvalue weighted by atomic mass is 10.00. The number of carbonyl (C=O) groups excluding carboxylic acids is 1. The van der Waals surface area contributed by atoms with Gasteiger partial charge in [0.1, 0.15) is 17.9 Å². The summed E-state index contributed by atoms with van der Waals surface area (Å²) in [4.78, 5) is 37.8. The van der Waals surface area contributed by atoms with Crippen LogP contribution in [0.25, 0.3) is 0 Å². The van der Waals surface area contributed by atoms with Gasteiger partial charge in [-0.05, 0) is 32.9 Å². The van der Waals surface area contributed by atoms with Gasteiger partial charge < -0.3 is 19.1 Å². The highest BCUT2D eigenvalue weighted by atomic mass is 31.2. The molecule has 2 heterocycles. The summed E-state index contributed by atoms with van der Waals surface area (Å²) in [5, 5.41) is 13.1. The van der Waals surface area contributed by atoms with Crippen LogP contribution in [0.15, 0.2) is 52.2 Å². The first-order valence-electron chi connectivity index (χ1n) is 11.2. The number of aromatic nitrogens is 2. The van der Waals surface area contributed by atoms with Crippen molar-refractivity contribution in [2.45, 2.75) is 51.4 Å². The summed E-state index contributed by atoms with van der Waals surface area (Å²) in [7, 11) is -4.26. The molecule has 1 fully saturated rings. The van der Waals surface area contributed by atoms with E-state index >= 15 is 0 Å². The molecule has 0 bridgehead atoms. The van der Waals surface area contributed by atoms with Crippen molar-refractivity contribution < 1.29 is 37.4 Å². The Kier molecular flexibility index (Phi) is 9.20. The first kappa shape index (κ1) is 27.8. The quantitative estimate of drug-likeness (QED) is 0.288. The third-order valence-electron chi connectivity index (χ3n) is 5.26. The Bertz CT molecular complexity index is 1190. The minimum atomic E-state index is -4.26. The van der Waals surface area contributed by atoms with E-state index in [0.29, 0.717) is 0 Å². The first-order chi connectivity index (χ1) is 17.0. The minimum absolute atomic E-state index is 0.171. The molecule has 2 aromatic rings. The SMILES string of the molecule is CC(C)OC(=O)[C@@H](C)NP(=O)(OC[C@H]1O[C@@H](n2ccc(=O)[nH]c2=O)[C@H](O)[C@@H]1CF)Oc1ccccc1. The number of hydrogen-bond donors (Lipinski definition) is 3. The number of H-pyrrole nitrogens is 1. The van der Waals surface area contributed by atoms with Crippen molar-refractivity contribution in [1.82, 2.24) is 14.6 Å². The molecule has 0 amide bonds. The van der Waals surface area contributed by atoms with Crippen LogP contribution >= 0.6 is 7.75 Å². The van der Waals surface area contributed by atoms with Gasteiger partial charge in [-0.1, -0.05) is 18.2 Å². The molecule has 0 spiro atoms. The van der Waals surface area contributed by atoms with E-state index in [4.69, 9.17) is 18.5 Å². The number of aliphatic hydroxyl groups is 1. The molecule has 3 N–H and O–H groups in total. The van der Waals surface area contributed by atoms with Gasteiger partial charge in [-0.2, -0.15) is 5.09 Å². The lowest BCUT2D eigenvalue weighted by molar-refractivity contribution is -0.149. The second-order valence-electron chi connectivity index (χ2n) is 8.43. The number of aromatic amines is 1. The Morgan fingerprint density at radius 2 is 1.94 bits per heavy atom. The number of aliphatic hydroxyl groups excluding tert-OH is 1. The topological polar surface area (TPSA) is 158 Å². The molecular weight excluding hydrogens is 500 g/mol. The second kappa shape index (κ2) is 11.9. The van der Waals surface area contributed by atoms with Crippen molar-refractivity contribution in [3.05, 3.63) is 63.4 Å². The van der Waals surface area contributed by atoms with Crippen LogP contribution in [-0.2, 0) is 23.4 Å². The standard InChI is InChI=1S/C22H29FN3O9P/c1-13(2)33-21(29)14(3)25-36(31,35-15-7-5-4-6-8-15)32-12-17-16(11-23)19(28)20(34-17)26-10-9-18(27)24-22(26)30/h4-10,13-14,16-17,19-20,28H,11-12H2,1-3H3,(H,25,31)(H,24,27,30)/t14-,16-,17-,19-,20-,36?/m1/s1. The maximum Gasteiger partial charge on any atom is 0.459 e. The lowest BCUT2D eigenvalue weighted by Crippen LogP contribution is -2.37. The number of benzene rings is 1. The molecule has 6 atom stereocenters. The molecule has 1 aliphatic heterocycles. The minimum Gasteiger partial charge on any atom is -0.462 e. The van der Waals surface area contributed by atoms with Crippen LogP contribution < -0.4 is 20.9 Å². The van der Waals surface area contributed by atoms with Gasteiger partial charge in [0.25, 0.3) is 5.56 Å². The smallest absolute Gasteiger partial charge is 0.459 e. The van der Waals surface area contributed by atoms with Gasteiger partial charge in [-0.25, -0.2) is 9.36 Å². The molecule has 1 aromatic carbocycles. The van der Waals surface area contributed by atoms with Crippen LogP contribution in [0, 0.1) is 5.92 Å². The van der Waals surface area contributed by atoms with E-state index in [0.717, 1.165) is 16.8 Å².